The lowest BCUT2D eigenvalue weighted by Crippen LogP contribution is -2.00. The van der Waals surface area contributed by atoms with Crippen molar-refractivity contribution in [3.05, 3.63) is 51.1 Å². The van der Waals surface area contributed by atoms with Crippen LogP contribution in [0.25, 0.3) is 21.5 Å². The maximum absolute atomic E-state index is 11.4. The number of hydrogen-bond acceptors (Lipinski definition) is 6. The Hall–Kier alpha value is -1.89. The minimum absolute atomic E-state index is 0.237. The first-order valence-corrected chi connectivity index (χ1v) is 8.80. The second-order valence-corrected chi connectivity index (χ2v) is 7.00. The molecule has 0 saturated heterocycles. The molecular weight excluding hydrogens is 364 g/mol. The molecule has 3 aromatic rings. The zero-order chi connectivity index (χ0) is 17.1. The van der Waals surface area contributed by atoms with Crippen LogP contribution in [0.1, 0.15) is 11.3 Å². The molecule has 24 heavy (non-hydrogen) atoms. The zero-order valence-electron chi connectivity index (χ0n) is 12.8. The summed E-state index contributed by atoms with van der Waals surface area (Å²) in [6, 6.07) is 9.47. The van der Waals surface area contributed by atoms with Crippen molar-refractivity contribution in [2.75, 3.05) is 7.11 Å². The Morgan fingerprint density at radius 1 is 1.38 bits per heavy atom. The second kappa shape index (κ2) is 7.34. The summed E-state index contributed by atoms with van der Waals surface area (Å²) in [6.07, 6.45) is 2.48. The maximum atomic E-state index is 11.4. The van der Waals surface area contributed by atoms with Gasteiger partial charge in [-0.15, -0.1) is 11.3 Å². The molecule has 0 aliphatic rings. The molecule has 0 atom stereocenters. The third kappa shape index (κ3) is 3.61. The Morgan fingerprint density at radius 2 is 2.17 bits per heavy atom. The van der Waals surface area contributed by atoms with E-state index in [1.807, 2.05) is 30.3 Å². The maximum Gasteiger partial charge on any atom is 0.305 e. The number of hydrogen-bond donors (Lipinski definition) is 0. The molecule has 2 heterocycles. The van der Waals surface area contributed by atoms with Crippen molar-refractivity contribution in [2.24, 2.45) is 0 Å². The van der Waals surface area contributed by atoms with Crippen LogP contribution < -0.4 is 0 Å². The van der Waals surface area contributed by atoms with E-state index in [0.29, 0.717) is 22.5 Å². The van der Waals surface area contributed by atoms with Crippen molar-refractivity contribution in [1.82, 2.24) is 9.97 Å². The first-order chi connectivity index (χ1) is 11.6. The quantitative estimate of drug-likeness (QED) is 0.481. The van der Waals surface area contributed by atoms with Crippen molar-refractivity contribution in [3.63, 3.8) is 0 Å². The first kappa shape index (κ1) is 17.0. The number of methoxy groups -OCH3 is 1. The third-order valence-corrected chi connectivity index (χ3v) is 5.16. The Morgan fingerprint density at radius 3 is 2.92 bits per heavy atom. The molecule has 1 aromatic carbocycles. The molecular formula is C17H13ClN2O2S2. The van der Waals surface area contributed by atoms with Crippen LogP contribution in [-0.4, -0.2) is 23.0 Å². The van der Waals surface area contributed by atoms with E-state index in [4.69, 9.17) is 28.6 Å². The van der Waals surface area contributed by atoms with Crippen LogP contribution in [0.4, 0.5) is 0 Å². The van der Waals surface area contributed by atoms with E-state index < -0.39 is 0 Å². The predicted octanol–water partition coefficient (Wildman–Crippen LogP) is 4.85. The molecule has 0 aliphatic carbocycles. The van der Waals surface area contributed by atoms with Gasteiger partial charge in [-0.25, -0.2) is 4.98 Å². The van der Waals surface area contributed by atoms with Crippen LogP contribution in [0.3, 0.4) is 0 Å². The number of aryl methyl sites for hydroxylation is 1. The minimum atomic E-state index is -0.237. The summed E-state index contributed by atoms with van der Waals surface area (Å²) in [5.41, 5.74) is 2.34. The van der Waals surface area contributed by atoms with Gasteiger partial charge in [0.2, 0.25) is 0 Å². The van der Waals surface area contributed by atoms with Crippen molar-refractivity contribution < 1.29 is 9.53 Å². The fourth-order valence-electron chi connectivity index (χ4n) is 2.31. The van der Waals surface area contributed by atoms with Gasteiger partial charge in [0.1, 0.15) is 4.64 Å². The van der Waals surface area contributed by atoms with Crippen LogP contribution >= 0.6 is 35.2 Å². The van der Waals surface area contributed by atoms with E-state index in [1.54, 1.807) is 17.5 Å². The van der Waals surface area contributed by atoms with Gasteiger partial charge in [0.25, 0.3) is 0 Å². The highest BCUT2D eigenvalue weighted by molar-refractivity contribution is 7.71. The first-order valence-electron chi connectivity index (χ1n) is 7.20. The molecule has 2 aromatic heterocycles. The fourth-order valence-corrected chi connectivity index (χ4v) is 3.79. The Balaban J connectivity index is 2.14. The average Bonchev–Trinajstić information content (AvgIpc) is 2.90. The monoisotopic (exact) mass is 376 g/mol. The van der Waals surface area contributed by atoms with E-state index in [1.165, 1.54) is 7.11 Å². The van der Waals surface area contributed by atoms with Crippen molar-refractivity contribution in [3.8, 4) is 11.3 Å². The number of fused-ring (bicyclic) bond motifs is 1. The molecule has 0 saturated carbocycles. The molecule has 4 nitrogen and oxygen atoms in total. The number of rotatable bonds is 4. The summed E-state index contributed by atoms with van der Waals surface area (Å²) in [5, 5.41) is 0.618. The largest absolute Gasteiger partial charge is 0.469 e. The van der Waals surface area contributed by atoms with Gasteiger partial charge in [0.05, 0.1) is 40.7 Å². The lowest BCUT2D eigenvalue weighted by atomic mass is 10.1. The van der Waals surface area contributed by atoms with Crippen LogP contribution in [0.15, 0.2) is 36.5 Å². The van der Waals surface area contributed by atoms with E-state index in [-0.39, 0.29) is 5.97 Å². The fraction of sp³-hybridized carbons (Fsp3) is 0.176. The summed E-state index contributed by atoms with van der Waals surface area (Å²) in [7, 11) is 1.39. The highest BCUT2D eigenvalue weighted by atomic mass is 35.5. The van der Waals surface area contributed by atoms with E-state index >= 15 is 0 Å². The SMILES string of the molecule is COC(=O)CCc1cc2nc(=S)cnc(-c3ccccc3Cl)c2s1. The highest BCUT2D eigenvalue weighted by Crippen LogP contribution is 2.35. The van der Waals surface area contributed by atoms with Gasteiger partial charge in [-0.05, 0) is 18.6 Å². The number of carbonyl (C=O) groups excluding carboxylic acids is 1. The number of aromatic nitrogens is 2. The standard InChI is InChI=1S/C17H13ClN2O2S2/c1-22-15(21)7-6-10-8-13-17(24-10)16(19-9-14(23)20-13)11-4-2-3-5-12(11)18/h2-5,8-9H,6-7H2,1H3. The number of ether oxygens (including phenoxy) is 1. The second-order valence-electron chi connectivity index (χ2n) is 5.04. The van der Waals surface area contributed by atoms with Crippen molar-refractivity contribution in [1.29, 1.82) is 0 Å². The highest BCUT2D eigenvalue weighted by Gasteiger charge is 2.13. The molecule has 122 valence electrons. The topological polar surface area (TPSA) is 52.1 Å². The van der Waals surface area contributed by atoms with Crippen LogP contribution in [-0.2, 0) is 16.0 Å². The summed E-state index contributed by atoms with van der Waals surface area (Å²) in [6.45, 7) is 0. The van der Waals surface area contributed by atoms with Crippen LogP contribution in [0, 0.1) is 4.64 Å². The molecule has 0 spiro atoms. The van der Waals surface area contributed by atoms with Gasteiger partial charge >= 0.3 is 5.97 Å². The summed E-state index contributed by atoms with van der Waals surface area (Å²) in [5.74, 6) is -0.237. The van der Waals surface area contributed by atoms with Crippen molar-refractivity contribution >= 4 is 51.3 Å². The summed E-state index contributed by atoms with van der Waals surface area (Å²) < 4.78 is 6.01. The minimum Gasteiger partial charge on any atom is -0.469 e. The lowest BCUT2D eigenvalue weighted by Gasteiger charge is -2.01. The summed E-state index contributed by atoms with van der Waals surface area (Å²) >= 11 is 13.1. The molecule has 0 aliphatic heterocycles. The number of halogens is 1. The van der Waals surface area contributed by atoms with E-state index in [0.717, 1.165) is 26.4 Å². The van der Waals surface area contributed by atoms with E-state index in [9.17, 15) is 4.79 Å². The number of esters is 1. The number of thiophene rings is 1. The molecule has 0 N–H and O–H groups in total. The number of nitrogens with zero attached hydrogens (tertiary/aromatic N) is 2. The van der Waals surface area contributed by atoms with Gasteiger partial charge in [0.15, 0.2) is 0 Å². The molecule has 3 rings (SSSR count). The summed E-state index contributed by atoms with van der Waals surface area (Å²) in [4.78, 5) is 21.3. The smallest absolute Gasteiger partial charge is 0.305 e. The van der Waals surface area contributed by atoms with Crippen LogP contribution in [0.2, 0.25) is 5.02 Å². The average molecular weight is 377 g/mol. The molecule has 7 heteroatoms. The van der Waals surface area contributed by atoms with Gasteiger partial charge in [0, 0.05) is 10.4 Å². The Kier molecular flexibility index (Phi) is 5.18. The number of carbonyl (C=O) groups is 1. The van der Waals surface area contributed by atoms with Crippen molar-refractivity contribution in [2.45, 2.75) is 12.8 Å². The van der Waals surface area contributed by atoms with E-state index in [2.05, 4.69) is 9.97 Å². The number of benzene rings is 1. The Labute approximate surface area is 153 Å². The zero-order valence-corrected chi connectivity index (χ0v) is 15.2. The molecule has 0 amide bonds. The van der Waals surface area contributed by atoms with Crippen LogP contribution in [0.5, 0.6) is 0 Å². The molecule has 0 bridgehead atoms. The van der Waals surface area contributed by atoms with Gasteiger partial charge in [-0.1, -0.05) is 42.0 Å². The molecule has 0 radical (unpaired) electrons. The van der Waals surface area contributed by atoms with Gasteiger partial charge in [-0.2, -0.15) is 0 Å². The molecule has 0 unspecified atom stereocenters. The van der Waals surface area contributed by atoms with Gasteiger partial charge in [-0.3, -0.25) is 9.78 Å². The van der Waals surface area contributed by atoms with Gasteiger partial charge < -0.3 is 4.74 Å². The predicted molar refractivity (Wildman–Crippen MR) is 99.0 cm³/mol. The normalized spacial score (nSPS) is 10.8. The lowest BCUT2D eigenvalue weighted by molar-refractivity contribution is -0.140. The molecule has 0 fully saturated rings. The third-order valence-electron chi connectivity index (χ3n) is 3.45. The Bertz CT molecular complexity index is 972.